The van der Waals surface area contributed by atoms with Crippen molar-refractivity contribution < 1.29 is 8.78 Å². The van der Waals surface area contributed by atoms with Gasteiger partial charge >= 0.3 is 0 Å². The number of thiocarbonyl (C=S) groups is 1. The van der Waals surface area contributed by atoms with Crippen LogP contribution in [0, 0.1) is 11.6 Å². The Bertz CT molecular complexity index is 865. The SMILES string of the molecule is Fc1cccc(NC(=S)Nc2ncn(Cc3ccccc3F)n2)c1. The van der Waals surface area contributed by atoms with Gasteiger partial charge in [-0.05, 0) is 36.5 Å². The van der Waals surface area contributed by atoms with Crippen LogP contribution in [0.15, 0.2) is 54.9 Å². The second kappa shape index (κ2) is 7.14. The van der Waals surface area contributed by atoms with Crippen LogP contribution in [0.25, 0.3) is 0 Å². The molecule has 0 aliphatic carbocycles. The maximum atomic E-state index is 13.6. The monoisotopic (exact) mass is 345 g/mol. The zero-order valence-electron chi connectivity index (χ0n) is 12.4. The molecule has 0 bridgehead atoms. The topological polar surface area (TPSA) is 54.8 Å². The Kier molecular flexibility index (Phi) is 4.76. The number of aromatic nitrogens is 3. The normalized spacial score (nSPS) is 10.4. The van der Waals surface area contributed by atoms with Gasteiger partial charge in [-0.15, -0.1) is 5.10 Å². The number of hydrogen-bond acceptors (Lipinski definition) is 3. The molecule has 1 heterocycles. The fourth-order valence-electron chi connectivity index (χ4n) is 2.06. The van der Waals surface area contributed by atoms with Crippen molar-refractivity contribution >= 4 is 29.0 Å². The molecule has 0 amide bonds. The van der Waals surface area contributed by atoms with E-state index >= 15 is 0 Å². The van der Waals surface area contributed by atoms with Crippen LogP contribution in [0.4, 0.5) is 20.4 Å². The quantitative estimate of drug-likeness (QED) is 0.710. The van der Waals surface area contributed by atoms with E-state index in [1.165, 1.54) is 29.2 Å². The van der Waals surface area contributed by atoms with Gasteiger partial charge in [-0.3, -0.25) is 5.32 Å². The van der Waals surface area contributed by atoms with Gasteiger partial charge in [0.1, 0.15) is 18.0 Å². The van der Waals surface area contributed by atoms with E-state index in [0.29, 0.717) is 11.3 Å². The number of nitrogens with one attached hydrogen (secondary N) is 2. The van der Waals surface area contributed by atoms with E-state index < -0.39 is 0 Å². The van der Waals surface area contributed by atoms with Crippen molar-refractivity contribution in [1.82, 2.24) is 14.8 Å². The van der Waals surface area contributed by atoms with E-state index in [0.717, 1.165) is 0 Å². The summed E-state index contributed by atoms with van der Waals surface area (Å²) in [4.78, 5) is 4.06. The Morgan fingerprint density at radius 2 is 1.92 bits per heavy atom. The fourth-order valence-corrected chi connectivity index (χ4v) is 2.27. The van der Waals surface area contributed by atoms with Gasteiger partial charge < -0.3 is 5.32 Å². The molecule has 0 spiro atoms. The number of nitrogens with zero attached hydrogens (tertiary/aromatic N) is 3. The highest BCUT2D eigenvalue weighted by atomic mass is 32.1. The zero-order valence-corrected chi connectivity index (χ0v) is 13.2. The van der Waals surface area contributed by atoms with Gasteiger partial charge in [-0.1, -0.05) is 24.3 Å². The lowest BCUT2D eigenvalue weighted by atomic mass is 10.2. The van der Waals surface area contributed by atoms with Gasteiger partial charge in [0.15, 0.2) is 5.11 Å². The van der Waals surface area contributed by atoms with Crippen molar-refractivity contribution in [3.63, 3.8) is 0 Å². The van der Waals surface area contributed by atoms with E-state index in [1.807, 2.05) is 0 Å². The highest BCUT2D eigenvalue weighted by Gasteiger charge is 2.07. The minimum atomic E-state index is -0.366. The molecule has 0 aliphatic rings. The molecule has 2 N–H and O–H groups in total. The van der Waals surface area contributed by atoms with Crippen molar-refractivity contribution in [2.45, 2.75) is 6.54 Å². The van der Waals surface area contributed by atoms with Crippen molar-refractivity contribution in [3.05, 3.63) is 72.1 Å². The summed E-state index contributed by atoms with van der Waals surface area (Å²) in [5, 5.41) is 10.0. The molecule has 0 radical (unpaired) electrons. The van der Waals surface area contributed by atoms with Gasteiger partial charge in [0.25, 0.3) is 0 Å². The van der Waals surface area contributed by atoms with Crippen LogP contribution in [0.1, 0.15) is 5.56 Å². The summed E-state index contributed by atoms with van der Waals surface area (Å²) in [6.45, 7) is 0.255. The Hall–Kier alpha value is -2.87. The molecule has 0 atom stereocenters. The molecule has 0 saturated heterocycles. The van der Waals surface area contributed by atoms with Crippen molar-refractivity contribution in [3.8, 4) is 0 Å². The van der Waals surface area contributed by atoms with Gasteiger partial charge in [0, 0.05) is 11.3 Å². The molecular weight excluding hydrogens is 332 g/mol. The molecule has 0 saturated carbocycles. The van der Waals surface area contributed by atoms with Gasteiger partial charge in [0.2, 0.25) is 5.95 Å². The summed E-state index contributed by atoms with van der Waals surface area (Å²) in [6, 6.07) is 12.4. The van der Waals surface area contributed by atoms with Crippen LogP contribution in [-0.2, 0) is 6.54 Å². The summed E-state index contributed by atoms with van der Waals surface area (Å²) in [5.74, 6) is -0.402. The van der Waals surface area contributed by atoms with E-state index in [2.05, 4.69) is 20.7 Å². The maximum absolute atomic E-state index is 13.6. The zero-order chi connectivity index (χ0) is 16.9. The summed E-state index contributed by atoms with van der Waals surface area (Å²) in [7, 11) is 0. The highest BCUT2D eigenvalue weighted by Crippen LogP contribution is 2.11. The number of anilines is 2. The van der Waals surface area contributed by atoms with Crippen LogP contribution in [0.2, 0.25) is 0 Å². The molecule has 0 fully saturated rings. The first kappa shape index (κ1) is 16.0. The molecule has 3 aromatic rings. The first-order valence-corrected chi connectivity index (χ1v) is 7.47. The predicted octanol–water partition coefficient (Wildman–Crippen LogP) is 3.41. The number of benzene rings is 2. The first-order valence-electron chi connectivity index (χ1n) is 7.06. The molecule has 5 nitrogen and oxygen atoms in total. The third-order valence-electron chi connectivity index (χ3n) is 3.13. The second-order valence-corrected chi connectivity index (χ2v) is 5.35. The number of rotatable bonds is 4. The molecule has 8 heteroatoms. The standard InChI is InChI=1S/C16H13F2N5S/c17-12-5-3-6-13(8-12)20-16(24)21-15-19-10-23(22-15)9-11-4-1-2-7-14(11)18/h1-8,10H,9H2,(H2,20,21,22,24). The third kappa shape index (κ3) is 4.11. The molecule has 1 aromatic heterocycles. The smallest absolute Gasteiger partial charge is 0.248 e. The van der Waals surface area contributed by atoms with Crippen LogP contribution >= 0.6 is 12.2 Å². The van der Waals surface area contributed by atoms with E-state index in [-0.39, 0.29) is 29.2 Å². The summed E-state index contributed by atoms with van der Waals surface area (Å²) < 4.78 is 28.2. The maximum Gasteiger partial charge on any atom is 0.248 e. The number of hydrogen-bond donors (Lipinski definition) is 2. The molecule has 0 unspecified atom stereocenters. The molecular formula is C16H13F2N5S. The minimum Gasteiger partial charge on any atom is -0.332 e. The van der Waals surface area contributed by atoms with Crippen LogP contribution in [0.5, 0.6) is 0 Å². The average Bonchev–Trinajstić information content (AvgIpc) is 2.96. The molecule has 3 rings (SSSR count). The van der Waals surface area contributed by atoms with Crippen LogP contribution in [-0.4, -0.2) is 19.9 Å². The lowest BCUT2D eigenvalue weighted by molar-refractivity contribution is 0.585. The van der Waals surface area contributed by atoms with Crippen LogP contribution < -0.4 is 10.6 Å². The third-order valence-corrected chi connectivity index (χ3v) is 3.34. The molecule has 24 heavy (non-hydrogen) atoms. The average molecular weight is 345 g/mol. The summed E-state index contributed by atoms with van der Waals surface area (Å²) >= 11 is 5.13. The second-order valence-electron chi connectivity index (χ2n) is 4.95. The Morgan fingerprint density at radius 3 is 2.71 bits per heavy atom. The van der Waals surface area contributed by atoms with E-state index in [4.69, 9.17) is 12.2 Å². The van der Waals surface area contributed by atoms with Gasteiger partial charge in [-0.2, -0.15) is 0 Å². The predicted molar refractivity (Wildman–Crippen MR) is 91.8 cm³/mol. The Labute approximate surface area is 142 Å². The first-order chi connectivity index (χ1) is 11.6. The summed E-state index contributed by atoms with van der Waals surface area (Å²) in [6.07, 6.45) is 1.47. The van der Waals surface area contributed by atoms with Crippen molar-refractivity contribution in [2.24, 2.45) is 0 Å². The van der Waals surface area contributed by atoms with E-state index in [9.17, 15) is 8.78 Å². The van der Waals surface area contributed by atoms with E-state index in [1.54, 1.807) is 30.3 Å². The molecule has 0 aliphatic heterocycles. The van der Waals surface area contributed by atoms with Crippen molar-refractivity contribution in [2.75, 3.05) is 10.6 Å². The Morgan fingerprint density at radius 1 is 1.08 bits per heavy atom. The summed E-state index contributed by atoms with van der Waals surface area (Å²) in [5.41, 5.74) is 1.02. The molecule has 2 aromatic carbocycles. The minimum absolute atomic E-state index is 0.226. The van der Waals surface area contributed by atoms with Gasteiger partial charge in [-0.25, -0.2) is 18.4 Å². The van der Waals surface area contributed by atoms with Crippen molar-refractivity contribution in [1.29, 1.82) is 0 Å². The Balaban J connectivity index is 1.61. The fraction of sp³-hybridized carbons (Fsp3) is 0.0625. The number of halogens is 2. The largest absolute Gasteiger partial charge is 0.332 e. The highest BCUT2D eigenvalue weighted by molar-refractivity contribution is 7.80. The van der Waals surface area contributed by atoms with Crippen LogP contribution in [0.3, 0.4) is 0 Å². The lowest BCUT2D eigenvalue weighted by Gasteiger charge is -2.07. The lowest BCUT2D eigenvalue weighted by Crippen LogP contribution is -2.20. The molecule has 122 valence electrons. The van der Waals surface area contributed by atoms with Gasteiger partial charge in [0.05, 0.1) is 6.54 Å².